The average molecular weight is 398 g/mol. The number of hydrogen-bond donors (Lipinski definition) is 2. The van der Waals surface area contributed by atoms with Crippen molar-refractivity contribution >= 4 is 28.6 Å². The number of pyridine rings is 1. The van der Waals surface area contributed by atoms with E-state index < -0.39 is 0 Å². The van der Waals surface area contributed by atoms with Gasteiger partial charge in [-0.1, -0.05) is 41.1 Å². The number of carbonyl (C=O) groups excluding carboxylic acids is 2. The van der Waals surface area contributed by atoms with E-state index in [-0.39, 0.29) is 11.8 Å². The Balaban J connectivity index is 1.56. The molecule has 2 N–H and O–H groups in total. The third kappa shape index (κ3) is 3.00. The Labute approximate surface area is 172 Å². The van der Waals surface area contributed by atoms with Crippen molar-refractivity contribution in [3.05, 3.63) is 76.5 Å². The minimum atomic E-state index is -0.319. The summed E-state index contributed by atoms with van der Waals surface area (Å²) in [5, 5.41) is 10.2. The Hall–Kier alpha value is -4.00. The number of fused-ring (bicyclic) bond motifs is 2. The van der Waals surface area contributed by atoms with Crippen LogP contribution in [0.25, 0.3) is 22.4 Å². The van der Waals surface area contributed by atoms with E-state index in [4.69, 9.17) is 4.52 Å². The van der Waals surface area contributed by atoms with Crippen LogP contribution in [0.3, 0.4) is 0 Å². The third-order valence-electron chi connectivity index (χ3n) is 5.26. The highest BCUT2D eigenvalue weighted by Crippen LogP contribution is 2.28. The summed E-state index contributed by atoms with van der Waals surface area (Å²) < 4.78 is 5.36. The maximum absolute atomic E-state index is 13.2. The number of amides is 2. The number of rotatable bonds is 3. The first-order valence-corrected chi connectivity index (χ1v) is 9.56. The van der Waals surface area contributed by atoms with Crippen molar-refractivity contribution in [2.24, 2.45) is 0 Å². The molecule has 0 saturated carbocycles. The van der Waals surface area contributed by atoms with Crippen LogP contribution in [-0.2, 0) is 6.54 Å². The summed E-state index contributed by atoms with van der Waals surface area (Å²) in [6.07, 6.45) is 0. The van der Waals surface area contributed by atoms with Crippen LogP contribution >= 0.6 is 0 Å². The zero-order valence-corrected chi connectivity index (χ0v) is 16.4. The second kappa shape index (κ2) is 6.81. The van der Waals surface area contributed by atoms with Gasteiger partial charge in [0.15, 0.2) is 0 Å². The molecule has 0 spiro atoms. The highest BCUT2D eigenvalue weighted by atomic mass is 16.5. The minimum absolute atomic E-state index is 0.135. The lowest BCUT2D eigenvalue weighted by Crippen LogP contribution is -2.14. The average Bonchev–Trinajstić information content (AvgIpc) is 3.31. The number of aromatic nitrogens is 2. The molecule has 1 aliphatic rings. The van der Waals surface area contributed by atoms with E-state index in [0.717, 1.165) is 16.7 Å². The van der Waals surface area contributed by atoms with Crippen LogP contribution in [0.15, 0.2) is 53.1 Å². The summed E-state index contributed by atoms with van der Waals surface area (Å²) >= 11 is 0. The molecule has 0 radical (unpaired) electrons. The number of aryl methyl sites for hydroxylation is 2. The second-order valence-corrected chi connectivity index (χ2v) is 7.38. The van der Waals surface area contributed by atoms with Crippen LogP contribution in [0.2, 0.25) is 0 Å². The minimum Gasteiger partial charge on any atom is -0.348 e. The van der Waals surface area contributed by atoms with Crippen LogP contribution in [0.1, 0.15) is 37.5 Å². The Bertz CT molecular complexity index is 1320. The zero-order valence-electron chi connectivity index (χ0n) is 16.4. The molecule has 0 bridgehead atoms. The molecule has 0 atom stereocenters. The molecule has 0 aliphatic carbocycles. The highest BCUT2D eigenvalue weighted by molar-refractivity contribution is 6.13. The lowest BCUT2D eigenvalue weighted by molar-refractivity contribution is 0.0964. The molecule has 0 unspecified atom stereocenters. The molecule has 5 rings (SSSR count). The van der Waals surface area contributed by atoms with Gasteiger partial charge in [0.2, 0.25) is 0 Å². The number of carbonyl (C=O) groups is 2. The molecule has 0 fully saturated rings. The molecule has 2 amide bonds. The summed E-state index contributed by atoms with van der Waals surface area (Å²) in [6.45, 7) is 4.29. The first-order chi connectivity index (χ1) is 14.5. The SMILES string of the molecule is Cc1ccc(-c2cc(C(=O)Nc3ccc4c(c3)C(=O)NC4)c3c(C)noc3n2)cc1. The number of nitrogens with zero attached hydrogens (tertiary/aromatic N) is 2. The normalized spacial score (nSPS) is 12.7. The Morgan fingerprint density at radius 1 is 1.10 bits per heavy atom. The summed E-state index contributed by atoms with van der Waals surface area (Å²) in [6, 6.07) is 14.9. The van der Waals surface area contributed by atoms with Crippen LogP contribution in [0, 0.1) is 13.8 Å². The molecular weight excluding hydrogens is 380 g/mol. The Morgan fingerprint density at radius 3 is 2.70 bits per heavy atom. The fourth-order valence-electron chi connectivity index (χ4n) is 3.63. The van der Waals surface area contributed by atoms with E-state index in [0.29, 0.717) is 45.8 Å². The molecule has 2 aromatic carbocycles. The smallest absolute Gasteiger partial charge is 0.259 e. The first-order valence-electron chi connectivity index (χ1n) is 9.56. The largest absolute Gasteiger partial charge is 0.348 e. The van der Waals surface area contributed by atoms with E-state index in [1.165, 1.54) is 0 Å². The molecule has 1 aliphatic heterocycles. The van der Waals surface area contributed by atoms with Crippen molar-refractivity contribution in [2.45, 2.75) is 20.4 Å². The monoisotopic (exact) mass is 398 g/mol. The molecule has 148 valence electrons. The van der Waals surface area contributed by atoms with Gasteiger partial charge in [-0.25, -0.2) is 4.98 Å². The van der Waals surface area contributed by atoms with E-state index in [1.54, 1.807) is 25.1 Å². The van der Waals surface area contributed by atoms with Gasteiger partial charge >= 0.3 is 0 Å². The van der Waals surface area contributed by atoms with E-state index in [9.17, 15) is 9.59 Å². The van der Waals surface area contributed by atoms with Crippen molar-refractivity contribution in [3.8, 4) is 11.3 Å². The summed E-state index contributed by atoms with van der Waals surface area (Å²) in [4.78, 5) is 29.7. The van der Waals surface area contributed by atoms with Crippen molar-refractivity contribution in [2.75, 3.05) is 5.32 Å². The number of benzene rings is 2. The Kier molecular flexibility index (Phi) is 4.10. The quantitative estimate of drug-likeness (QED) is 0.544. The lowest BCUT2D eigenvalue weighted by Gasteiger charge is -2.09. The van der Waals surface area contributed by atoms with Gasteiger partial charge in [-0.05, 0) is 37.6 Å². The molecule has 3 heterocycles. The van der Waals surface area contributed by atoms with E-state index in [1.807, 2.05) is 37.3 Å². The van der Waals surface area contributed by atoms with Gasteiger partial charge in [-0.2, -0.15) is 0 Å². The van der Waals surface area contributed by atoms with E-state index in [2.05, 4.69) is 20.8 Å². The lowest BCUT2D eigenvalue weighted by atomic mass is 10.0. The van der Waals surface area contributed by atoms with Gasteiger partial charge in [0.1, 0.15) is 0 Å². The van der Waals surface area contributed by atoms with Crippen LogP contribution < -0.4 is 10.6 Å². The van der Waals surface area contributed by atoms with Crippen LogP contribution in [0.4, 0.5) is 5.69 Å². The van der Waals surface area contributed by atoms with Gasteiger partial charge in [0.05, 0.1) is 22.3 Å². The van der Waals surface area contributed by atoms with Crippen molar-refractivity contribution in [1.82, 2.24) is 15.5 Å². The van der Waals surface area contributed by atoms with Gasteiger partial charge in [0, 0.05) is 23.4 Å². The number of anilines is 1. The predicted octanol–water partition coefficient (Wildman–Crippen LogP) is 4.00. The molecule has 4 aromatic rings. The van der Waals surface area contributed by atoms with Crippen molar-refractivity contribution in [1.29, 1.82) is 0 Å². The highest BCUT2D eigenvalue weighted by Gasteiger charge is 2.22. The first kappa shape index (κ1) is 18.1. The molecule has 2 aromatic heterocycles. The summed E-state index contributed by atoms with van der Waals surface area (Å²) in [7, 11) is 0. The molecule has 0 saturated heterocycles. The van der Waals surface area contributed by atoms with Crippen LogP contribution in [-0.4, -0.2) is 22.0 Å². The van der Waals surface area contributed by atoms with Gasteiger partial charge in [0.25, 0.3) is 17.5 Å². The summed E-state index contributed by atoms with van der Waals surface area (Å²) in [5.41, 5.74) is 5.99. The number of nitrogens with one attached hydrogen (secondary N) is 2. The summed E-state index contributed by atoms with van der Waals surface area (Å²) in [5.74, 6) is -0.454. The molecule has 7 heteroatoms. The van der Waals surface area contributed by atoms with Gasteiger partial charge < -0.3 is 15.2 Å². The number of hydrogen-bond acceptors (Lipinski definition) is 5. The Morgan fingerprint density at radius 2 is 1.90 bits per heavy atom. The van der Waals surface area contributed by atoms with Crippen molar-refractivity contribution in [3.63, 3.8) is 0 Å². The third-order valence-corrected chi connectivity index (χ3v) is 5.26. The standard InChI is InChI=1S/C23H18N4O3/c1-12-3-5-14(6-4-12)19-10-18(20-13(2)27-30-23(20)26-19)22(29)25-16-8-7-15-11-24-21(28)17(15)9-16/h3-10H,11H2,1-2H3,(H,24,28)(H,25,29). The van der Waals surface area contributed by atoms with E-state index >= 15 is 0 Å². The zero-order chi connectivity index (χ0) is 20.8. The fraction of sp³-hybridized carbons (Fsp3) is 0.130. The van der Waals surface area contributed by atoms with Gasteiger partial charge in [-0.15, -0.1) is 0 Å². The van der Waals surface area contributed by atoms with Gasteiger partial charge in [-0.3, -0.25) is 9.59 Å². The molecular formula is C23H18N4O3. The second-order valence-electron chi connectivity index (χ2n) is 7.38. The maximum atomic E-state index is 13.2. The molecule has 30 heavy (non-hydrogen) atoms. The topological polar surface area (TPSA) is 97.1 Å². The van der Waals surface area contributed by atoms with Crippen LogP contribution in [0.5, 0.6) is 0 Å². The molecule has 7 nitrogen and oxygen atoms in total. The van der Waals surface area contributed by atoms with Crippen molar-refractivity contribution < 1.29 is 14.1 Å². The predicted molar refractivity (Wildman–Crippen MR) is 112 cm³/mol. The maximum Gasteiger partial charge on any atom is 0.259 e. The fourth-order valence-corrected chi connectivity index (χ4v) is 3.63.